The smallest absolute Gasteiger partial charge is 0.251 e. The minimum atomic E-state index is -0.239. The molecule has 1 saturated heterocycles. The van der Waals surface area contributed by atoms with E-state index in [0.29, 0.717) is 17.2 Å². The molecule has 152 valence electrons. The van der Waals surface area contributed by atoms with Gasteiger partial charge in [-0.3, -0.25) is 9.59 Å². The molecule has 5 nitrogen and oxygen atoms in total. The molecule has 2 aromatic rings. The van der Waals surface area contributed by atoms with Crippen molar-refractivity contribution in [2.45, 2.75) is 32.1 Å². The van der Waals surface area contributed by atoms with Gasteiger partial charge in [-0.2, -0.15) is 0 Å². The topological polar surface area (TPSA) is 58.6 Å². The second-order valence-electron chi connectivity index (χ2n) is 8.06. The first-order chi connectivity index (χ1) is 14.2. The molecule has 0 spiro atoms. The Morgan fingerprint density at radius 1 is 0.897 bits per heavy atom. The lowest BCUT2D eigenvalue weighted by Gasteiger charge is -2.41. The lowest BCUT2D eigenvalue weighted by atomic mass is 9.75. The van der Waals surface area contributed by atoms with Gasteiger partial charge in [0.2, 0.25) is 5.91 Å². The van der Waals surface area contributed by atoms with Crippen LogP contribution in [0.1, 0.15) is 42.5 Å². The molecule has 1 aliphatic heterocycles. The first-order valence-electron chi connectivity index (χ1n) is 10.6. The van der Waals surface area contributed by atoms with E-state index in [1.54, 1.807) is 24.3 Å². The maximum absolute atomic E-state index is 12.6. The third kappa shape index (κ3) is 4.97. The van der Waals surface area contributed by atoms with Gasteiger partial charge in [-0.05, 0) is 61.1 Å². The summed E-state index contributed by atoms with van der Waals surface area (Å²) in [6.45, 7) is 1.73. The van der Waals surface area contributed by atoms with Crippen LogP contribution in [0.25, 0.3) is 0 Å². The maximum atomic E-state index is 12.6. The maximum Gasteiger partial charge on any atom is 0.251 e. The average molecular weight is 392 g/mol. The fourth-order valence-electron chi connectivity index (χ4n) is 4.50. The van der Waals surface area contributed by atoms with Crippen molar-refractivity contribution in [2.24, 2.45) is 11.8 Å². The molecule has 1 heterocycles. The Balaban J connectivity index is 1.26. The lowest BCUT2D eigenvalue weighted by Crippen LogP contribution is -2.48. The monoisotopic (exact) mass is 392 g/mol. The normalized spacial score (nSPS) is 21.2. The van der Waals surface area contributed by atoms with Gasteiger partial charge in [0.05, 0.1) is 6.54 Å². The highest BCUT2D eigenvalue weighted by molar-refractivity contribution is 5.96. The first-order valence-corrected chi connectivity index (χ1v) is 10.6. The molecule has 0 unspecified atom stereocenters. The van der Waals surface area contributed by atoms with Crippen LogP contribution in [0.4, 0.5) is 0 Å². The number of rotatable bonds is 5. The van der Waals surface area contributed by atoms with Gasteiger partial charge in [-0.15, -0.1) is 0 Å². The summed E-state index contributed by atoms with van der Waals surface area (Å²) in [5.74, 6) is 2.63. The molecule has 0 aromatic heterocycles. The van der Waals surface area contributed by atoms with Crippen LogP contribution in [-0.4, -0.2) is 36.3 Å². The summed E-state index contributed by atoms with van der Waals surface area (Å²) in [6, 6.07) is 16.5. The van der Waals surface area contributed by atoms with E-state index in [4.69, 9.17) is 4.74 Å². The van der Waals surface area contributed by atoms with Crippen molar-refractivity contribution in [2.75, 3.05) is 19.6 Å². The van der Waals surface area contributed by atoms with Crippen LogP contribution in [-0.2, 0) is 4.79 Å². The third-order valence-corrected chi connectivity index (χ3v) is 6.14. The number of ether oxygens (including phenoxy) is 1. The molecule has 2 aliphatic rings. The number of likely N-dealkylation sites (tertiary alicyclic amines) is 1. The summed E-state index contributed by atoms with van der Waals surface area (Å²) in [7, 11) is 0. The van der Waals surface area contributed by atoms with Crippen molar-refractivity contribution < 1.29 is 14.3 Å². The first kappa shape index (κ1) is 19.5. The Morgan fingerprint density at radius 2 is 1.59 bits per heavy atom. The van der Waals surface area contributed by atoms with Crippen molar-refractivity contribution in [1.29, 1.82) is 0 Å². The molecule has 1 aliphatic carbocycles. The summed E-state index contributed by atoms with van der Waals surface area (Å²) in [6.07, 6.45) is 6.27. The average Bonchev–Trinajstić information content (AvgIpc) is 2.78. The van der Waals surface area contributed by atoms with Gasteiger partial charge in [-0.25, -0.2) is 0 Å². The van der Waals surface area contributed by atoms with E-state index in [2.05, 4.69) is 5.32 Å². The fraction of sp³-hybridized carbons (Fsp3) is 0.417. The SMILES string of the molecule is O=C(NCC(=O)N1CC[C@@H]2CCCC[C@@H]2C1)c1ccc(Oc2ccccc2)cc1. The molecular formula is C24H28N2O3. The van der Waals surface area contributed by atoms with E-state index in [1.165, 1.54) is 25.7 Å². The molecule has 5 heteroatoms. The number of hydrogen-bond donors (Lipinski definition) is 1. The molecule has 2 atom stereocenters. The number of carbonyl (C=O) groups is 2. The number of carbonyl (C=O) groups excluding carboxylic acids is 2. The largest absolute Gasteiger partial charge is 0.457 e. The van der Waals surface area contributed by atoms with E-state index in [9.17, 15) is 9.59 Å². The highest BCUT2D eigenvalue weighted by atomic mass is 16.5. The second kappa shape index (κ2) is 9.12. The molecule has 2 amide bonds. The quantitative estimate of drug-likeness (QED) is 0.828. The predicted molar refractivity (Wildman–Crippen MR) is 112 cm³/mol. The summed E-state index contributed by atoms with van der Waals surface area (Å²) in [5.41, 5.74) is 0.518. The van der Waals surface area contributed by atoms with E-state index >= 15 is 0 Å². The van der Waals surface area contributed by atoms with Crippen molar-refractivity contribution in [3.8, 4) is 11.5 Å². The molecule has 2 aromatic carbocycles. The van der Waals surface area contributed by atoms with Crippen molar-refractivity contribution in [1.82, 2.24) is 10.2 Å². The van der Waals surface area contributed by atoms with Crippen LogP contribution in [0.5, 0.6) is 11.5 Å². The van der Waals surface area contributed by atoms with E-state index in [0.717, 1.165) is 31.2 Å². The third-order valence-electron chi connectivity index (χ3n) is 6.14. The lowest BCUT2D eigenvalue weighted by molar-refractivity contribution is -0.133. The molecule has 0 radical (unpaired) electrons. The molecule has 4 rings (SSSR count). The van der Waals surface area contributed by atoms with Crippen LogP contribution < -0.4 is 10.1 Å². The number of benzene rings is 2. The van der Waals surface area contributed by atoms with Crippen LogP contribution >= 0.6 is 0 Å². The van der Waals surface area contributed by atoms with Gasteiger partial charge in [0.1, 0.15) is 11.5 Å². The number of piperidine rings is 1. The van der Waals surface area contributed by atoms with Crippen molar-refractivity contribution >= 4 is 11.8 Å². The molecular weight excluding hydrogens is 364 g/mol. The second-order valence-corrected chi connectivity index (χ2v) is 8.06. The van der Waals surface area contributed by atoms with Crippen LogP contribution in [0.2, 0.25) is 0 Å². The van der Waals surface area contributed by atoms with Crippen LogP contribution in [0, 0.1) is 11.8 Å². The summed E-state index contributed by atoms with van der Waals surface area (Å²) in [4.78, 5) is 26.9. The summed E-state index contributed by atoms with van der Waals surface area (Å²) in [5, 5.41) is 2.77. The molecule has 1 N–H and O–H groups in total. The number of nitrogens with zero attached hydrogens (tertiary/aromatic N) is 1. The van der Waals surface area contributed by atoms with Gasteiger partial charge < -0.3 is 15.0 Å². The minimum Gasteiger partial charge on any atom is -0.457 e. The van der Waals surface area contributed by atoms with Crippen molar-refractivity contribution in [3.63, 3.8) is 0 Å². The molecule has 29 heavy (non-hydrogen) atoms. The fourth-order valence-corrected chi connectivity index (χ4v) is 4.50. The van der Waals surface area contributed by atoms with Gasteiger partial charge >= 0.3 is 0 Å². The summed E-state index contributed by atoms with van der Waals surface area (Å²) >= 11 is 0. The van der Waals surface area contributed by atoms with Crippen LogP contribution in [0.3, 0.4) is 0 Å². The van der Waals surface area contributed by atoms with Crippen LogP contribution in [0.15, 0.2) is 54.6 Å². The zero-order chi connectivity index (χ0) is 20.1. The number of nitrogens with one attached hydrogen (secondary N) is 1. The molecule has 2 fully saturated rings. The van der Waals surface area contributed by atoms with E-state index in [-0.39, 0.29) is 18.4 Å². The standard InChI is InChI=1S/C24H28N2O3/c27-23(26-15-14-18-6-4-5-7-20(18)17-26)16-25-24(28)19-10-12-22(13-11-19)29-21-8-2-1-3-9-21/h1-3,8-13,18,20H,4-7,14-17H2,(H,25,28)/t18-,20+/m0/s1. The zero-order valence-corrected chi connectivity index (χ0v) is 16.7. The highest BCUT2D eigenvalue weighted by Gasteiger charge is 2.32. The van der Waals surface area contributed by atoms with E-state index in [1.807, 2.05) is 35.2 Å². The van der Waals surface area contributed by atoms with Gasteiger partial charge in [0, 0.05) is 18.7 Å². The van der Waals surface area contributed by atoms with Gasteiger partial charge in [0.15, 0.2) is 0 Å². The Bertz CT molecular complexity index is 835. The van der Waals surface area contributed by atoms with Gasteiger partial charge in [0.25, 0.3) is 5.91 Å². The Kier molecular flexibility index (Phi) is 6.13. The predicted octanol–water partition coefficient (Wildman–Crippen LogP) is 4.25. The number of amides is 2. The Morgan fingerprint density at radius 3 is 2.34 bits per heavy atom. The Labute approximate surface area is 172 Å². The summed E-state index contributed by atoms with van der Waals surface area (Å²) < 4.78 is 5.74. The van der Waals surface area contributed by atoms with E-state index < -0.39 is 0 Å². The number of para-hydroxylation sites is 1. The minimum absolute atomic E-state index is 0.0198. The highest BCUT2D eigenvalue weighted by Crippen LogP contribution is 2.36. The molecule has 1 saturated carbocycles. The van der Waals surface area contributed by atoms with Crippen molar-refractivity contribution in [3.05, 3.63) is 60.2 Å². The number of fused-ring (bicyclic) bond motifs is 1. The Hall–Kier alpha value is -2.82. The zero-order valence-electron chi connectivity index (χ0n) is 16.7. The van der Waals surface area contributed by atoms with Gasteiger partial charge in [-0.1, -0.05) is 37.5 Å². The number of hydrogen-bond acceptors (Lipinski definition) is 3. The molecule has 0 bridgehead atoms.